The van der Waals surface area contributed by atoms with Gasteiger partial charge in [0.15, 0.2) is 0 Å². The van der Waals surface area contributed by atoms with Gasteiger partial charge in [-0.1, -0.05) is 20.8 Å². The van der Waals surface area contributed by atoms with Crippen molar-refractivity contribution in [1.29, 1.82) is 0 Å². The van der Waals surface area contributed by atoms with Crippen LogP contribution in [0.25, 0.3) is 0 Å². The van der Waals surface area contributed by atoms with Crippen LogP contribution < -0.4 is 5.32 Å². The van der Waals surface area contributed by atoms with Gasteiger partial charge in [-0.15, -0.1) is 0 Å². The Morgan fingerprint density at radius 2 is 2.07 bits per heavy atom. The fourth-order valence-corrected chi connectivity index (χ4v) is 1.29. The van der Waals surface area contributed by atoms with Crippen molar-refractivity contribution >= 4 is 5.69 Å². The summed E-state index contributed by atoms with van der Waals surface area (Å²) in [5, 5.41) is 7.68. The summed E-state index contributed by atoms with van der Waals surface area (Å²) in [6.45, 7) is 12.0. The van der Waals surface area contributed by atoms with E-state index in [1.165, 1.54) is 6.42 Å². The molecule has 0 aromatic carbocycles. The van der Waals surface area contributed by atoms with Gasteiger partial charge in [0.25, 0.3) is 0 Å². The molecule has 1 aromatic rings. The van der Waals surface area contributed by atoms with E-state index in [0.29, 0.717) is 11.5 Å². The molecule has 1 aromatic heterocycles. The summed E-state index contributed by atoms with van der Waals surface area (Å²) < 4.78 is 1.97. The quantitative estimate of drug-likeness (QED) is 0.824. The van der Waals surface area contributed by atoms with E-state index in [1.807, 2.05) is 10.9 Å². The fraction of sp³-hybridized carbons (Fsp3) is 0.750. The average molecular weight is 209 g/mol. The highest BCUT2D eigenvalue weighted by atomic mass is 15.3. The van der Waals surface area contributed by atoms with Crippen molar-refractivity contribution in [3.63, 3.8) is 0 Å². The van der Waals surface area contributed by atoms with Gasteiger partial charge >= 0.3 is 0 Å². The molecule has 1 heterocycles. The van der Waals surface area contributed by atoms with E-state index >= 15 is 0 Å². The van der Waals surface area contributed by atoms with Crippen molar-refractivity contribution in [2.24, 2.45) is 5.41 Å². The van der Waals surface area contributed by atoms with Gasteiger partial charge < -0.3 is 5.32 Å². The molecule has 1 rings (SSSR count). The van der Waals surface area contributed by atoms with Crippen LogP contribution >= 0.6 is 0 Å². The minimum atomic E-state index is 0.390. The third-order valence-corrected chi connectivity index (χ3v) is 2.33. The summed E-state index contributed by atoms with van der Waals surface area (Å²) in [6, 6.07) is 0.433. The molecule has 86 valence electrons. The van der Waals surface area contributed by atoms with Crippen LogP contribution in [-0.4, -0.2) is 16.3 Å². The highest BCUT2D eigenvalue weighted by molar-refractivity contribution is 5.38. The van der Waals surface area contributed by atoms with Crippen molar-refractivity contribution in [2.45, 2.75) is 47.1 Å². The van der Waals surface area contributed by atoms with Crippen molar-refractivity contribution < 1.29 is 0 Å². The van der Waals surface area contributed by atoms with Crippen LogP contribution in [0.15, 0.2) is 12.4 Å². The maximum Gasteiger partial charge on any atom is 0.0726 e. The number of aromatic nitrogens is 2. The van der Waals surface area contributed by atoms with Crippen LogP contribution in [-0.2, 0) is 0 Å². The van der Waals surface area contributed by atoms with Crippen molar-refractivity contribution in [3.05, 3.63) is 12.4 Å². The van der Waals surface area contributed by atoms with Crippen LogP contribution in [0, 0.1) is 5.41 Å². The molecule has 0 aliphatic carbocycles. The lowest BCUT2D eigenvalue weighted by molar-refractivity contribution is 0.390. The lowest BCUT2D eigenvalue weighted by atomic mass is 9.92. The van der Waals surface area contributed by atoms with E-state index < -0.39 is 0 Å². The Bertz CT molecular complexity index is 294. The Balaban J connectivity index is 2.38. The zero-order valence-corrected chi connectivity index (χ0v) is 10.5. The minimum Gasteiger partial charge on any atom is -0.382 e. The van der Waals surface area contributed by atoms with Crippen molar-refractivity contribution in [2.75, 3.05) is 11.9 Å². The standard InChI is InChI=1S/C12H23N3/c1-10(2)15-9-11(8-14-15)13-7-6-12(3,4)5/h8-10,13H,6-7H2,1-5H3. The summed E-state index contributed by atoms with van der Waals surface area (Å²) in [5.41, 5.74) is 1.51. The van der Waals surface area contributed by atoms with Crippen molar-refractivity contribution in [3.8, 4) is 0 Å². The Labute approximate surface area is 92.9 Å². The molecule has 0 atom stereocenters. The van der Waals surface area contributed by atoms with Crippen LogP contribution in [0.4, 0.5) is 5.69 Å². The Morgan fingerprint density at radius 1 is 1.40 bits per heavy atom. The lowest BCUT2D eigenvalue weighted by Crippen LogP contribution is -2.12. The van der Waals surface area contributed by atoms with Gasteiger partial charge in [-0.25, -0.2) is 0 Å². The first-order chi connectivity index (χ1) is 6.88. The molecule has 0 aliphatic rings. The van der Waals surface area contributed by atoms with E-state index in [0.717, 1.165) is 12.2 Å². The zero-order valence-electron chi connectivity index (χ0n) is 10.5. The highest BCUT2D eigenvalue weighted by Gasteiger charge is 2.09. The molecule has 0 bridgehead atoms. The van der Waals surface area contributed by atoms with Gasteiger partial charge in [0.2, 0.25) is 0 Å². The molecular formula is C12H23N3. The molecule has 1 N–H and O–H groups in total. The fourth-order valence-electron chi connectivity index (χ4n) is 1.29. The molecule has 0 saturated heterocycles. The van der Waals surface area contributed by atoms with E-state index in [-0.39, 0.29) is 0 Å². The van der Waals surface area contributed by atoms with Gasteiger partial charge in [0.1, 0.15) is 0 Å². The van der Waals surface area contributed by atoms with E-state index in [4.69, 9.17) is 0 Å². The normalized spacial score (nSPS) is 12.1. The molecule has 3 heteroatoms. The number of anilines is 1. The molecule has 3 nitrogen and oxygen atoms in total. The number of nitrogens with one attached hydrogen (secondary N) is 1. The summed E-state index contributed by atoms with van der Waals surface area (Å²) in [6.07, 6.45) is 5.12. The lowest BCUT2D eigenvalue weighted by Gasteiger charge is -2.17. The first-order valence-electron chi connectivity index (χ1n) is 5.66. The molecular weight excluding hydrogens is 186 g/mol. The summed E-state index contributed by atoms with van der Waals surface area (Å²) >= 11 is 0. The van der Waals surface area contributed by atoms with E-state index in [2.05, 4.69) is 51.2 Å². The molecule has 0 unspecified atom stereocenters. The molecule has 0 saturated carbocycles. The van der Waals surface area contributed by atoms with Gasteiger partial charge in [0, 0.05) is 18.8 Å². The van der Waals surface area contributed by atoms with Crippen LogP contribution in [0.5, 0.6) is 0 Å². The molecule has 15 heavy (non-hydrogen) atoms. The van der Waals surface area contributed by atoms with Crippen LogP contribution in [0.3, 0.4) is 0 Å². The maximum atomic E-state index is 4.28. The third kappa shape index (κ3) is 4.36. The second-order valence-electron chi connectivity index (χ2n) is 5.54. The van der Waals surface area contributed by atoms with Crippen LogP contribution in [0.1, 0.15) is 47.1 Å². The predicted octanol–water partition coefficient (Wildman–Crippen LogP) is 3.31. The second-order valence-corrected chi connectivity index (χ2v) is 5.54. The topological polar surface area (TPSA) is 29.9 Å². The molecule has 0 amide bonds. The largest absolute Gasteiger partial charge is 0.382 e. The maximum absolute atomic E-state index is 4.28. The van der Waals surface area contributed by atoms with Gasteiger partial charge in [-0.3, -0.25) is 4.68 Å². The van der Waals surface area contributed by atoms with Crippen LogP contribution in [0.2, 0.25) is 0 Å². The number of hydrogen-bond donors (Lipinski definition) is 1. The second kappa shape index (κ2) is 4.69. The van der Waals surface area contributed by atoms with E-state index in [9.17, 15) is 0 Å². The monoisotopic (exact) mass is 209 g/mol. The zero-order chi connectivity index (χ0) is 11.5. The summed E-state index contributed by atoms with van der Waals surface area (Å²) in [5.74, 6) is 0. The number of nitrogens with zero attached hydrogens (tertiary/aromatic N) is 2. The SMILES string of the molecule is CC(C)n1cc(NCCC(C)(C)C)cn1. The Morgan fingerprint density at radius 3 is 2.53 bits per heavy atom. The number of rotatable bonds is 4. The summed E-state index contributed by atoms with van der Waals surface area (Å²) in [4.78, 5) is 0. The van der Waals surface area contributed by atoms with Gasteiger partial charge in [-0.05, 0) is 25.7 Å². The molecule has 0 radical (unpaired) electrons. The van der Waals surface area contributed by atoms with E-state index in [1.54, 1.807) is 0 Å². The van der Waals surface area contributed by atoms with Gasteiger partial charge in [-0.2, -0.15) is 5.10 Å². The molecule has 0 spiro atoms. The summed E-state index contributed by atoms with van der Waals surface area (Å²) in [7, 11) is 0. The predicted molar refractivity (Wildman–Crippen MR) is 65.2 cm³/mol. The third-order valence-electron chi connectivity index (χ3n) is 2.33. The first kappa shape index (κ1) is 12.1. The molecule has 0 fully saturated rings. The first-order valence-corrected chi connectivity index (χ1v) is 5.66. The molecule has 0 aliphatic heterocycles. The minimum absolute atomic E-state index is 0.390. The van der Waals surface area contributed by atoms with Crippen molar-refractivity contribution in [1.82, 2.24) is 9.78 Å². The Hall–Kier alpha value is -0.990. The number of hydrogen-bond acceptors (Lipinski definition) is 2. The van der Waals surface area contributed by atoms with Gasteiger partial charge in [0.05, 0.1) is 11.9 Å². The highest BCUT2D eigenvalue weighted by Crippen LogP contribution is 2.18. The Kier molecular flexibility index (Phi) is 3.77. The average Bonchev–Trinajstić information content (AvgIpc) is 2.50. The smallest absolute Gasteiger partial charge is 0.0726 e.